The van der Waals surface area contributed by atoms with Crippen molar-refractivity contribution < 1.29 is 19.0 Å². The van der Waals surface area contributed by atoms with E-state index in [1.165, 1.54) is 5.56 Å². The number of aryl methyl sites for hydroxylation is 1. The SMILES string of the molecule is CCc1ccc(OCCNC(=O)Nc2ccc3c(c2)OCO3)cc1. The van der Waals surface area contributed by atoms with Gasteiger partial charge in [0.25, 0.3) is 0 Å². The maximum Gasteiger partial charge on any atom is 0.319 e. The van der Waals surface area contributed by atoms with Gasteiger partial charge in [-0.2, -0.15) is 0 Å². The van der Waals surface area contributed by atoms with Crippen LogP contribution in [0.2, 0.25) is 0 Å². The lowest BCUT2D eigenvalue weighted by atomic mass is 10.2. The van der Waals surface area contributed by atoms with Crippen LogP contribution in [0.3, 0.4) is 0 Å². The first-order valence-corrected chi connectivity index (χ1v) is 7.91. The van der Waals surface area contributed by atoms with Crippen LogP contribution in [0.4, 0.5) is 10.5 Å². The van der Waals surface area contributed by atoms with Gasteiger partial charge < -0.3 is 24.8 Å². The fraction of sp³-hybridized carbons (Fsp3) is 0.278. The average molecular weight is 328 g/mol. The third-order valence-corrected chi connectivity index (χ3v) is 3.62. The average Bonchev–Trinajstić information content (AvgIpc) is 3.07. The van der Waals surface area contributed by atoms with Crippen molar-refractivity contribution in [2.45, 2.75) is 13.3 Å². The summed E-state index contributed by atoms with van der Waals surface area (Å²) in [6.45, 7) is 3.13. The molecule has 2 aromatic carbocycles. The Morgan fingerprint density at radius 2 is 1.92 bits per heavy atom. The minimum absolute atomic E-state index is 0.210. The molecule has 126 valence electrons. The van der Waals surface area contributed by atoms with Crippen molar-refractivity contribution in [3.8, 4) is 17.2 Å². The lowest BCUT2D eigenvalue weighted by molar-refractivity contribution is 0.174. The van der Waals surface area contributed by atoms with Crippen molar-refractivity contribution >= 4 is 11.7 Å². The molecule has 6 nitrogen and oxygen atoms in total. The van der Waals surface area contributed by atoms with Gasteiger partial charge in [0.2, 0.25) is 6.79 Å². The van der Waals surface area contributed by atoms with Gasteiger partial charge in [-0.3, -0.25) is 0 Å². The molecule has 0 atom stereocenters. The Balaban J connectivity index is 1.39. The van der Waals surface area contributed by atoms with Crippen LogP contribution < -0.4 is 24.8 Å². The Labute approximate surface area is 140 Å². The molecule has 0 fully saturated rings. The van der Waals surface area contributed by atoms with Gasteiger partial charge in [-0.15, -0.1) is 0 Å². The first-order chi connectivity index (χ1) is 11.7. The van der Waals surface area contributed by atoms with Gasteiger partial charge in [0.05, 0.1) is 6.54 Å². The normalized spacial score (nSPS) is 11.9. The predicted octanol–water partition coefficient (Wildman–Crippen LogP) is 3.18. The second-order valence-electron chi connectivity index (χ2n) is 5.29. The van der Waals surface area contributed by atoms with Gasteiger partial charge in [-0.05, 0) is 36.2 Å². The van der Waals surface area contributed by atoms with E-state index in [1.807, 2.05) is 24.3 Å². The van der Waals surface area contributed by atoms with Crippen LogP contribution in [0.15, 0.2) is 42.5 Å². The topological polar surface area (TPSA) is 68.8 Å². The van der Waals surface area contributed by atoms with E-state index < -0.39 is 0 Å². The second kappa shape index (κ2) is 7.59. The summed E-state index contributed by atoms with van der Waals surface area (Å²) < 4.78 is 16.1. The highest BCUT2D eigenvalue weighted by atomic mass is 16.7. The van der Waals surface area contributed by atoms with E-state index in [2.05, 4.69) is 17.6 Å². The number of carbonyl (C=O) groups is 1. The van der Waals surface area contributed by atoms with Crippen molar-refractivity contribution in [3.05, 3.63) is 48.0 Å². The van der Waals surface area contributed by atoms with E-state index in [9.17, 15) is 4.79 Å². The molecule has 0 aromatic heterocycles. The van der Waals surface area contributed by atoms with Crippen LogP contribution in [-0.4, -0.2) is 26.0 Å². The van der Waals surface area contributed by atoms with Crippen LogP contribution in [0.25, 0.3) is 0 Å². The summed E-state index contributed by atoms with van der Waals surface area (Å²) in [6.07, 6.45) is 1.00. The zero-order chi connectivity index (χ0) is 16.8. The molecule has 2 N–H and O–H groups in total. The molecule has 0 bridgehead atoms. The van der Waals surface area contributed by atoms with Crippen molar-refractivity contribution in [3.63, 3.8) is 0 Å². The third-order valence-electron chi connectivity index (χ3n) is 3.62. The van der Waals surface area contributed by atoms with E-state index in [1.54, 1.807) is 18.2 Å². The fourth-order valence-corrected chi connectivity index (χ4v) is 2.30. The molecule has 1 aliphatic rings. The standard InChI is InChI=1S/C18H20N2O4/c1-2-13-3-6-15(7-4-13)22-10-9-19-18(21)20-14-5-8-16-17(11-14)24-12-23-16/h3-8,11H,2,9-10,12H2,1H3,(H2,19,20,21). The maximum absolute atomic E-state index is 11.9. The molecule has 6 heteroatoms. The first-order valence-electron chi connectivity index (χ1n) is 7.91. The molecule has 24 heavy (non-hydrogen) atoms. The van der Waals surface area contributed by atoms with Crippen LogP contribution in [0.5, 0.6) is 17.2 Å². The van der Waals surface area contributed by atoms with Crippen molar-refractivity contribution in [2.24, 2.45) is 0 Å². The molecule has 0 aliphatic carbocycles. The second-order valence-corrected chi connectivity index (χ2v) is 5.29. The van der Waals surface area contributed by atoms with E-state index in [0.29, 0.717) is 30.3 Å². The molecule has 0 saturated heterocycles. The third kappa shape index (κ3) is 4.10. The van der Waals surface area contributed by atoms with Crippen LogP contribution in [0, 0.1) is 0 Å². The number of rotatable bonds is 6. The quantitative estimate of drug-likeness (QED) is 0.799. The first kappa shape index (κ1) is 16.0. The van der Waals surface area contributed by atoms with Gasteiger partial charge >= 0.3 is 6.03 Å². The number of urea groups is 1. The molecule has 2 aromatic rings. The highest BCUT2D eigenvalue weighted by Crippen LogP contribution is 2.34. The molecular formula is C18H20N2O4. The van der Waals surface area contributed by atoms with Gasteiger partial charge in [-0.1, -0.05) is 19.1 Å². The number of anilines is 1. The highest BCUT2D eigenvalue weighted by molar-refractivity contribution is 5.89. The van der Waals surface area contributed by atoms with E-state index >= 15 is 0 Å². The molecule has 1 heterocycles. The fourth-order valence-electron chi connectivity index (χ4n) is 2.30. The van der Waals surface area contributed by atoms with Crippen molar-refractivity contribution in [2.75, 3.05) is 25.3 Å². The van der Waals surface area contributed by atoms with Crippen molar-refractivity contribution in [1.82, 2.24) is 5.32 Å². The number of amides is 2. The molecule has 3 rings (SSSR count). The molecule has 0 radical (unpaired) electrons. The molecule has 2 amide bonds. The monoisotopic (exact) mass is 328 g/mol. The predicted molar refractivity (Wildman–Crippen MR) is 90.9 cm³/mol. The number of hydrogen-bond donors (Lipinski definition) is 2. The highest BCUT2D eigenvalue weighted by Gasteiger charge is 2.13. The van der Waals surface area contributed by atoms with Gasteiger partial charge in [-0.25, -0.2) is 4.79 Å². The number of hydrogen-bond acceptors (Lipinski definition) is 4. The van der Waals surface area contributed by atoms with Crippen LogP contribution >= 0.6 is 0 Å². The summed E-state index contributed by atoms with van der Waals surface area (Å²) in [6, 6.07) is 12.9. The van der Waals surface area contributed by atoms with Crippen LogP contribution in [0.1, 0.15) is 12.5 Å². The maximum atomic E-state index is 11.9. The number of carbonyl (C=O) groups excluding carboxylic acids is 1. The number of ether oxygens (including phenoxy) is 3. The van der Waals surface area contributed by atoms with E-state index in [-0.39, 0.29) is 12.8 Å². The largest absolute Gasteiger partial charge is 0.492 e. The van der Waals surface area contributed by atoms with Crippen molar-refractivity contribution in [1.29, 1.82) is 0 Å². The molecule has 0 spiro atoms. The molecular weight excluding hydrogens is 308 g/mol. The Morgan fingerprint density at radius 3 is 2.71 bits per heavy atom. The molecule has 1 aliphatic heterocycles. The Kier molecular flexibility index (Phi) is 5.05. The summed E-state index contributed by atoms with van der Waals surface area (Å²) in [5.74, 6) is 2.11. The minimum atomic E-state index is -0.293. The number of nitrogens with one attached hydrogen (secondary N) is 2. The summed E-state index contributed by atoms with van der Waals surface area (Å²) in [5, 5.41) is 5.49. The number of benzene rings is 2. The summed E-state index contributed by atoms with van der Waals surface area (Å²) >= 11 is 0. The summed E-state index contributed by atoms with van der Waals surface area (Å²) in [7, 11) is 0. The Bertz CT molecular complexity index is 701. The van der Waals surface area contributed by atoms with E-state index in [4.69, 9.17) is 14.2 Å². The Hall–Kier alpha value is -2.89. The lowest BCUT2D eigenvalue weighted by Gasteiger charge is -2.10. The minimum Gasteiger partial charge on any atom is -0.492 e. The lowest BCUT2D eigenvalue weighted by Crippen LogP contribution is -2.32. The molecule has 0 saturated carbocycles. The number of fused-ring (bicyclic) bond motifs is 1. The molecule has 0 unspecified atom stereocenters. The Morgan fingerprint density at radius 1 is 1.12 bits per heavy atom. The van der Waals surface area contributed by atoms with Gasteiger partial charge in [0, 0.05) is 11.8 Å². The smallest absolute Gasteiger partial charge is 0.319 e. The van der Waals surface area contributed by atoms with E-state index in [0.717, 1.165) is 12.2 Å². The van der Waals surface area contributed by atoms with Gasteiger partial charge in [0.1, 0.15) is 12.4 Å². The zero-order valence-electron chi connectivity index (χ0n) is 13.5. The van der Waals surface area contributed by atoms with Crippen LogP contribution in [-0.2, 0) is 6.42 Å². The summed E-state index contributed by atoms with van der Waals surface area (Å²) in [4.78, 5) is 11.9. The zero-order valence-corrected chi connectivity index (χ0v) is 13.5. The summed E-state index contributed by atoms with van der Waals surface area (Å²) in [5.41, 5.74) is 1.91. The van der Waals surface area contributed by atoms with Gasteiger partial charge in [0.15, 0.2) is 11.5 Å².